The third-order valence-corrected chi connectivity index (χ3v) is 5.36. The first-order chi connectivity index (χ1) is 17.8. The van der Waals surface area contributed by atoms with Crippen LogP contribution in [0, 0.1) is 5.82 Å². The van der Waals surface area contributed by atoms with Crippen LogP contribution in [-0.4, -0.2) is 46.4 Å². The van der Waals surface area contributed by atoms with Gasteiger partial charge in [0.15, 0.2) is 40.3 Å². The summed E-state index contributed by atoms with van der Waals surface area (Å²) in [7, 11) is 7.34. The van der Waals surface area contributed by atoms with Crippen molar-refractivity contribution in [2.24, 2.45) is 0 Å². The number of anilines is 1. The van der Waals surface area contributed by atoms with Crippen LogP contribution in [0.3, 0.4) is 0 Å². The number of benzene rings is 3. The minimum Gasteiger partial charge on any atom is -0.504 e. The summed E-state index contributed by atoms with van der Waals surface area (Å²) in [5.74, 6) is 0.592. The predicted molar refractivity (Wildman–Crippen MR) is 140 cm³/mol. The predicted octanol–water partition coefficient (Wildman–Crippen LogP) is 5.55. The molecule has 3 rings (SSSR count). The molecule has 8 nitrogen and oxygen atoms in total. The number of rotatable bonds is 11. The van der Waals surface area contributed by atoms with Crippen LogP contribution in [0.4, 0.5) is 10.1 Å². The third-order valence-electron chi connectivity index (χ3n) is 5.36. The number of ketones is 1. The normalized spacial score (nSPS) is 11.0. The maximum Gasteiger partial charge on any atom is 0.203 e. The summed E-state index contributed by atoms with van der Waals surface area (Å²) in [5.41, 5.74) is 1.85. The average Bonchev–Trinajstić information content (AvgIpc) is 2.90. The SMILES string of the molecule is COc1ccc(C(=O)/C=C\Nc2cc(/C=C\c3cc(OC)c(OC)c(OC)c3)cc(F)c2OC)cc1O. The zero-order chi connectivity index (χ0) is 26.9. The van der Waals surface area contributed by atoms with E-state index < -0.39 is 5.82 Å². The third kappa shape index (κ3) is 6.32. The molecule has 0 spiro atoms. The fourth-order valence-corrected chi connectivity index (χ4v) is 3.56. The number of phenols is 1. The van der Waals surface area contributed by atoms with Crippen LogP contribution in [0.15, 0.2) is 54.7 Å². The summed E-state index contributed by atoms with van der Waals surface area (Å²) in [4.78, 5) is 12.5. The van der Waals surface area contributed by atoms with Gasteiger partial charge in [0.1, 0.15) is 0 Å². The number of allylic oxidation sites excluding steroid dienone is 1. The van der Waals surface area contributed by atoms with Crippen LogP contribution >= 0.6 is 0 Å². The quantitative estimate of drug-likeness (QED) is 0.197. The lowest BCUT2D eigenvalue weighted by molar-refractivity contribution is 0.104. The van der Waals surface area contributed by atoms with Gasteiger partial charge in [-0.1, -0.05) is 12.2 Å². The van der Waals surface area contributed by atoms with Gasteiger partial charge in [-0.3, -0.25) is 4.79 Å². The molecule has 9 heteroatoms. The highest BCUT2D eigenvalue weighted by Crippen LogP contribution is 2.39. The second-order valence-electron chi connectivity index (χ2n) is 7.60. The van der Waals surface area contributed by atoms with Crippen LogP contribution in [0.1, 0.15) is 21.5 Å². The molecule has 0 aliphatic heterocycles. The Balaban J connectivity index is 1.84. The van der Waals surface area contributed by atoms with Gasteiger partial charge in [-0.15, -0.1) is 0 Å². The molecule has 0 amide bonds. The molecule has 0 radical (unpaired) electrons. The van der Waals surface area contributed by atoms with Crippen LogP contribution in [-0.2, 0) is 0 Å². The Labute approximate surface area is 214 Å². The summed E-state index contributed by atoms with van der Waals surface area (Å²) in [6.07, 6.45) is 6.11. The number of carbonyl (C=O) groups is 1. The lowest BCUT2D eigenvalue weighted by atomic mass is 10.1. The maximum absolute atomic E-state index is 14.8. The second kappa shape index (κ2) is 12.3. The van der Waals surface area contributed by atoms with Crippen molar-refractivity contribution < 1.29 is 38.0 Å². The molecule has 194 valence electrons. The highest BCUT2D eigenvalue weighted by Gasteiger charge is 2.13. The average molecular weight is 510 g/mol. The van der Waals surface area contributed by atoms with E-state index in [4.69, 9.17) is 23.7 Å². The first-order valence-corrected chi connectivity index (χ1v) is 11.0. The van der Waals surface area contributed by atoms with E-state index in [2.05, 4.69) is 5.32 Å². The van der Waals surface area contributed by atoms with Crippen molar-refractivity contribution in [3.05, 3.63) is 77.2 Å². The standard InChI is InChI=1S/C28H28FNO7/c1-33-24-9-8-19(16-23(24)32)22(31)10-11-30-21-13-17(12-20(29)27(21)36-4)6-7-18-14-25(34-2)28(37-5)26(15-18)35-3/h6-16,30,32H,1-5H3/b7-6-,11-10-. The summed E-state index contributed by atoms with van der Waals surface area (Å²) < 4.78 is 41.0. The fourth-order valence-electron chi connectivity index (χ4n) is 3.56. The molecular weight excluding hydrogens is 481 g/mol. The molecule has 37 heavy (non-hydrogen) atoms. The topological polar surface area (TPSA) is 95.5 Å². The summed E-state index contributed by atoms with van der Waals surface area (Å²) in [5, 5.41) is 12.8. The largest absolute Gasteiger partial charge is 0.504 e. The highest BCUT2D eigenvalue weighted by molar-refractivity contribution is 6.05. The van der Waals surface area contributed by atoms with E-state index in [-0.39, 0.29) is 28.6 Å². The van der Waals surface area contributed by atoms with E-state index in [0.717, 1.165) is 5.56 Å². The molecule has 0 saturated heterocycles. The fraction of sp³-hybridized carbons (Fsp3) is 0.179. The molecule has 3 aromatic carbocycles. The van der Waals surface area contributed by atoms with Gasteiger partial charge in [0, 0.05) is 17.8 Å². The van der Waals surface area contributed by atoms with E-state index in [0.29, 0.717) is 28.5 Å². The van der Waals surface area contributed by atoms with Crippen molar-refractivity contribution in [2.45, 2.75) is 0 Å². The number of phenolic OH excluding ortho intramolecular Hbond substituents is 1. The van der Waals surface area contributed by atoms with Gasteiger partial charge in [0.05, 0.1) is 41.2 Å². The molecule has 0 aliphatic rings. The monoisotopic (exact) mass is 509 g/mol. The summed E-state index contributed by atoms with van der Waals surface area (Å²) >= 11 is 0. The number of carbonyl (C=O) groups excluding carboxylic acids is 1. The molecule has 2 N–H and O–H groups in total. The molecule has 0 heterocycles. The Morgan fingerprint density at radius 2 is 1.38 bits per heavy atom. The van der Waals surface area contributed by atoms with Crippen molar-refractivity contribution in [3.8, 4) is 34.5 Å². The van der Waals surface area contributed by atoms with Crippen molar-refractivity contribution in [3.63, 3.8) is 0 Å². The summed E-state index contributed by atoms with van der Waals surface area (Å²) in [6.45, 7) is 0. The van der Waals surface area contributed by atoms with Crippen LogP contribution in [0.5, 0.6) is 34.5 Å². The lowest BCUT2D eigenvalue weighted by Crippen LogP contribution is -1.99. The maximum atomic E-state index is 14.8. The number of aromatic hydroxyl groups is 1. The number of methoxy groups -OCH3 is 5. The molecular formula is C28H28FNO7. The van der Waals surface area contributed by atoms with Crippen molar-refractivity contribution >= 4 is 23.6 Å². The van der Waals surface area contributed by atoms with Crippen LogP contribution in [0.2, 0.25) is 0 Å². The van der Waals surface area contributed by atoms with Gasteiger partial charge in [-0.2, -0.15) is 0 Å². The van der Waals surface area contributed by atoms with E-state index in [1.165, 1.54) is 72.1 Å². The molecule has 0 fully saturated rings. The molecule has 0 atom stereocenters. The molecule has 0 unspecified atom stereocenters. The lowest BCUT2D eigenvalue weighted by Gasteiger charge is -2.13. The van der Waals surface area contributed by atoms with E-state index in [9.17, 15) is 14.3 Å². The zero-order valence-electron chi connectivity index (χ0n) is 21.1. The van der Waals surface area contributed by atoms with Crippen molar-refractivity contribution in [1.82, 2.24) is 0 Å². The number of nitrogens with one attached hydrogen (secondary N) is 1. The Kier molecular flexibility index (Phi) is 8.99. The Hall–Kier alpha value is -4.66. The Bertz CT molecular complexity index is 1310. The van der Waals surface area contributed by atoms with Crippen LogP contribution < -0.4 is 29.0 Å². The van der Waals surface area contributed by atoms with Crippen LogP contribution in [0.25, 0.3) is 12.2 Å². The van der Waals surface area contributed by atoms with Gasteiger partial charge in [-0.25, -0.2) is 4.39 Å². The number of hydrogen-bond donors (Lipinski definition) is 2. The van der Waals surface area contributed by atoms with E-state index in [1.54, 1.807) is 30.4 Å². The number of ether oxygens (including phenoxy) is 5. The van der Waals surface area contributed by atoms with Crippen molar-refractivity contribution in [2.75, 3.05) is 40.9 Å². The van der Waals surface area contributed by atoms with Gasteiger partial charge >= 0.3 is 0 Å². The number of halogens is 1. The minimum absolute atomic E-state index is 0.0101. The first-order valence-electron chi connectivity index (χ1n) is 11.0. The molecule has 0 aliphatic carbocycles. The number of hydrogen-bond acceptors (Lipinski definition) is 8. The van der Waals surface area contributed by atoms with Gasteiger partial charge in [-0.05, 0) is 53.6 Å². The van der Waals surface area contributed by atoms with Gasteiger partial charge in [0.25, 0.3) is 0 Å². The highest BCUT2D eigenvalue weighted by atomic mass is 19.1. The van der Waals surface area contributed by atoms with Crippen molar-refractivity contribution in [1.29, 1.82) is 0 Å². The smallest absolute Gasteiger partial charge is 0.203 e. The molecule has 0 saturated carbocycles. The summed E-state index contributed by atoms with van der Waals surface area (Å²) in [6, 6.07) is 10.9. The second-order valence-corrected chi connectivity index (χ2v) is 7.60. The van der Waals surface area contributed by atoms with E-state index >= 15 is 0 Å². The first kappa shape index (κ1) is 26.9. The minimum atomic E-state index is -0.586. The Morgan fingerprint density at radius 3 is 1.92 bits per heavy atom. The molecule has 0 aromatic heterocycles. The van der Waals surface area contributed by atoms with Gasteiger partial charge in [0.2, 0.25) is 5.75 Å². The van der Waals surface area contributed by atoms with Gasteiger partial charge < -0.3 is 34.1 Å². The molecule has 0 bridgehead atoms. The molecule has 3 aromatic rings. The van der Waals surface area contributed by atoms with E-state index in [1.807, 2.05) is 0 Å². The Morgan fingerprint density at radius 1 is 0.784 bits per heavy atom. The zero-order valence-corrected chi connectivity index (χ0v) is 21.1.